The zero-order valence-electron chi connectivity index (χ0n) is 12.5. The van der Waals surface area contributed by atoms with Gasteiger partial charge in [0.05, 0.1) is 16.4 Å². The van der Waals surface area contributed by atoms with Gasteiger partial charge in [-0.25, -0.2) is 9.78 Å². The molecule has 2 aliphatic rings. The van der Waals surface area contributed by atoms with E-state index in [-0.39, 0.29) is 11.3 Å². The van der Waals surface area contributed by atoms with E-state index in [0.717, 1.165) is 5.69 Å². The number of hydrogen-bond acceptors (Lipinski definition) is 3. The summed E-state index contributed by atoms with van der Waals surface area (Å²) in [5, 5.41) is 12.5. The second kappa shape index (κ2) is 6.19. The Bertz CT molecular complexity index is 1100. The molecule has 8 heteroatoms. The van der Waals surface area contributed by atoms with Crippen molar-refractivity contribution in [1.82, 2.24) is 20.0 Å². The minimum absolute atomic E-state index is 0.240. The second-order valence-corrected chi connectivity index (χ2v) is 6.61. The molecule has 2 heterocycles. The summed E-state index contributed by atoms with van der Waals surface area (Å²) < 4.78 is 1.63. The van der Waals surface area contributed by atoms with Crippen LogP contribution in [0, 0.1) is 0 Å². The number of aromatic amines is 1. The number of nitrogens with one attached hydrogen (secondary N) is 1. The van der Waals surface area contributed by atoms with E-state index in [9.17, 15) is 4.79 Å². The highest BCUT2D eigenvalue weighted by molar-refractivity contribution is 6.36. The summed E-state index contributed by atoms with van der Waals surface area (Å²) >= 11 is 18.3. The monoisotopic (exact) mass is 390 g/mol. The van der Waals surface area contributed by atoms with Gasteiger partial charge in [-0.1, -0.05) is 34.8 Å². The first kappa shape index (κ1) is 16.1. The van der Waals surface area contributed by atoms with E-state index < -0.39 is 0 Å². The van der Waals surface area contributed by atoms with Crippen LogP contribution in [0.3, 0.4) is 0 Å². The first-order valence-corrected chi connectivity index (χ1v) is 8.36. The number of halogens is 3. The molecule has 0 fully saturated rings. The highest BCUT2D eigenvalue weighted by Gasteiger charge is 2.19. The summed E-state index contributed by atoms with van der Waals surface area (Å²) in [5.74, 6) is 0. The molecule has 0 radical (unpaired) electrons. The van der Waals surface area contributed by atoms with Crippen LogP contribution in [0.5, 0.6) is 0 Å². The predicted molar refractivity (Wildman–Crippen MR) is 99.1 cm³/mol. The smallest absolute Gasteiger partial charge is 0.265 e. The van der Waals surface area contributed by atoms with Crippen LogP contribution in [0.1, 0.15) is 0 Å². The van der Waals surface area contributed by atoms with Crippen LogP contribution in [0.25, 0.3) is 28.3 Å². The van der Waals surface area contributed by atoms with Crippen LogP contribution in [-0.2, 0) is 0 Å². The maximum Gasteiger partial charge on any atom is 0.294 e. The minimum Gasteiger partial charge on any atom is -0.265 e. The van der Waals surface area contributed by atoms with E-state index in [0.29, 0.717) is 32.0 Å². The van der Waals surface area contributed by atoms with Gasteiger partial charge in [0.15, 0.2) is 5.69 Å². The minimum atomic E-state index is -0.355. The third-order valence-electron chi connectivity index (χ3n) is 3.72. The summed E-state index contributed by atoms with van der Waals surface area (Å²) in [5.41, 5.74) is 2.45. The molecule has 2 aromatic carbocycles. The van der Waals surface area contributed by atoms with Crippen molar-refractivity contribution in [3.63, 3.8) is 0 Å². The molecule has 0 amide bonds. The number of nitrogens with zero attached hydrogens (tertiary/aromatic N) is 3. The summed E-state index contributed by atoms with van der Waals surface area (Å²) in [4.78, 5) is 11.9. The van der Waals surface area contributed by atoms with Crippen LogP contribution >= 0.6 is 34.8 Å². The fourth-order valence-electron chi connectivity index (χ4n) is 2.54. The highest BCUT2D eigenvalue weighted by atomic mass is 35.5. The van der Waals surface area contributed by atoms with Crippen LogP contribution in [0.2, 0.25) is 15.1 Å². The summed E-state index contributed by atoms with van der Waals surface area (Å²) in [6.45, 7) is 0. The van der Waals surface area contributed by atoms with Crippen LogP contribution in [-0.4, -0.2) is 20.0 Å². The molecule has 124 valence electrons. The molecule has 1 N–H and O–H groups in total. The van der Waals surface area contributed by atoms with Gasteiger partial charge in [-0.15, -0.1) is 0 Å². The maximum atomic E-state index is 11.9. The third kappa shape index (κ3) is 2.91. The van der Waals surface area contributed by atoms with E-state index in [1.54, 1.807) is 53.2 Å². The average Bonchev–Trinajstić information content (AvgIpc) is 2.95. The predicted octanol–water partition coefficient (Wildman–Crippen LogP) is 4.69. The van der Waals surface area contributed by atoms with E-state index >= 15 is 0 Å². The number of benzene rings is 2. The van der Waals surface area contributed by atoms with E-state index in [2.05, 4.69) is 15.3 Å². The molecule has 0 aromatic heterocycles. The van der Waals surface area contributed by atoms with Crippen molar-refractivity contribution in [3.8, 4) is 28.3 Å². The Balaban J connectivity index is 2.05. The Hall–Kier alpha value is -2.34. The van der Waals surface area contributed by atoms with Crippen LogP contribution in [0.15, 0.2) is 53.3 Å². The molecule has 0 aliphatic carbocycles. The van der Waals surface area contributed by atoms with Gasteiger partial charge in [-0.3, -0.25) is 4.79 Å². The average molecular weight is 392 g/mol. The van der Waals surface area contributed by atoms with E-state index in [1.165, 1.54) is 0 Å². The topological polar surface area (TPSA) is 63.6 Å². The summed E-state index contributed by atoms with van der Waals surface area (Å²) in [6, 6.07) is 14.0. The molecular weight excluding hydrogens is 383 g/mol. The molecule has 5 nitrogen and oxygen atoms in total. The maximum absolute atomic E-state index is 11.9. The molecule has 0 spiro atoms. The standard InChI is InChI=1S/C17H9Cl3N4O/c18-9-1-4-11(5-2-9)24-15(12-6-3-10(19)7-13(12)20)8-14-16(23-24)17(25)22-21-14/h1-8H,(H,22,25). The Morgan fingerprint density at radius 2 is 1.64 bits per heavy atom. The largest absolute Gasteiger partial charge is 0.294 e. The van der Waals surface area contributed by atoms with Crippen LogP contribution < -0.4 is 5.56 Å². The van der Waals surface area contributed by atoms with Crippen molar-refractivity contribution < 1.29 is 0 Å². The molecule has 0 saturated carbocycles. The van der Waals surface area contributed by atoms with Gasteiger partial charge in [-0.05, 0) is 48.5 Å². The summed E-state index contributed by atoms with van der Waals surface area (Å²) in [7, 11) is 0. The number of rotatable bonds is 2. The lowest BCUT2D eigenvalue weighted by atomic mass is 10.1. The number of aromatic nitrogens is 4. The molecule has 25 heavy (non-hydrogen) atoms. The molecule has 2 aliphatic heterocycles. The zero-order valence-corrected chi connectivity index (χ0v) is 14.8. The molecule has 2 aromatic rings. The second-order valence-electron chi connectivity index (χ2n) is 5.33. The third-order valence-corrected chi connectivity index (χ3v) is 4.52. The molecule has 0 saturated heterocycles. The Kier molecular flexibility index (Phi) is 4.00. The Morgan fingerprint density at radius 3 is 2.36 bits per heavy atom. The number of H-pyrrole nitrogens is 1. The normalized spacial score (nSPS) is 11.2. The molecule has 0 bridgehead atoms. The summed E-state index contributed by atoms with van der Waals surface area (Å²) in [6.07, 6.45) is 0. The van der Waals surface area contributed by atoms with Gasteiger partial charge in [0.1, 0.15) is 5.69 Å². The fourth-order valence-corrected chi connectivity index (χ4v) is 3.17. The molecule has 0 atom stereocenters. The lowest BCUT2D eigenvalue weighted by Crippen LogP contribution is -2.11. The van der Waals surface area contributed by atoms with Crippen molar-refractivity contribution in [1.29, 1.82) is 0 Å². The number of hydrogen-bond donors (Lipinski definition) is 1. The van der Waals surface area contributed by atoms with Crippen molar-refractivity contribution in [2.75, 3.05) is 0 Å². The van der Waals surface area contributed by atoms with Crippen LogP contribution in [0.4, 0.5) is 0 Å². The molecule has 4 rings (SSSR count). The molecule has 0 unspecified atom stereocenters. The lowest BCUT2D eigenvalue weighted by Gasteiger charge is -2.15. The van der Waals surface area contributed by atoms with Gasteiger partial charge in [0.2, 0.25) is 0 Å². The quantitative estimate of drug-likeness (QED) is 0.539. The van der Waals surface area contributed by atoms with Crippen molar-refractivity contribution >= 4 is 34.8 Å². The fraction of sp³-hybridized carbons (Fsp3) is 0. The Morgan fingerprint density at radius 1 is 0.920 bits per heavy atom. The Labute approximate surface area is 157 Å². The number of fused-ring (bicyclic) bond motifs is 1. The van der Waals surface area contributed by atoms with Crippen molar-refractivity contribution in [2.45, 2.75) is 0 Å². The van der Waals surface area contributed by atoms with Gasteiger partial charge in [-0.2, -0.15) is 10.2 Å². The van der Waals surface area contributed by atoms with Gasteiger partial charge >= 0.3 is 0 Å². The lowest BCUT2D eigenvalue weighted by molar-refractivity contribution is 0.854. The van der Waals surface area contributed by atoms with Gasteiger partial charge in [0.25, 0.3) is 5.56 Å². The molecular formula is C17H9Cl3N4O. The highest BCUT2D eigenvalue weighted by Crippen LogP contribution is 2.33. The van der Waals surface area contributed by atoms with Gasteiger partial charge < -0.3 is 0 Å². The van der Waals surface area contributed by atoms with E-state index in [1.807, 2.05) is 0 Å². The van der Waals surface area contributed by atoms with Crippen molar-refractivity contribution in [2.24, 2.45) is 0 Å². The van der Waals surface area contributed by atoms with E-state index in [4.69, 9.17) is 34.8 Å². The van der Waals surface area contributed by atoms with Gasteiger partial charge in [0, 0.05) is 15.6 Å². The SMILES string of the molecule is O=c1[nH]nc2cc(-c3ccc(Cl)cc3Cl)n(-c3ccc(Cl)cc3)nc1-2. The first-order valence-electron chi connectivity index (χ1n) is 7.23. The van der Waals surface area contributed by atoms with Crippen molar-refractivity contribution in [3.05, 3.63) is 74.0 Å². The first-order chi connectivity index (χ1) is 12.0. The zero-order chi connectivity index (χ0) is 17.6.